The average Bonchev–Trinajstić information content (AvgIpc) is 2.76. The summed E-state index contributed by atoms with van der Waals surface area (Å²) in [5.41, 5.74) is 0. The third-order valence-corrected chi connectivity index (χ3v) is 5.62. The van der Waals surface area contributed by atoms with Crippen LogP contribution in [0.4, 0.5) is 0 Å². The normalized spacial score (nSPS) is 20.2. The van der Waals surface area contributed by atoms with Gasteiger partial charge in [0.1, 0.15) is 6.42 Å². The van der Waals surface area contributed by atoms with E-state index in [1.165, 1.54) is 0 Å². The standard InChI is InChI=1S/C25H54N13/c1-31(2)22(32(3)4)26-18-17-19(27-23(33(5)6)34(7)8)21(30-25(37(13)14)38(15)16)28-20(18)29-24(35(9)10)36(11)12/h17-21,28H,1-16H3/q+1. The minimum absolute atomic E-state index is 0.294. The van der Waals surface area contributed by atoms with Crippen LogP contribution in [-0.2, 0) is 0 Å². The van der Waals surface area contributed by atoms with Crippen LogP contribution in [0.1, 0.15) is 0 Å². The molecule has 4 unspecified atom stereocenters. The van der Waals surface area contributed by atoms with Gasteiger partial charge >= 0.3 is 0 Å². The minimum Gasteiger partial charge on any atom is -0.349 e. The molecule has 0 aliphatic carbocycles. The Morgan fingerprint density at radius 3 is 0.816 bits per heavy atom. The van der Waals surface area contributed by atoms with Gasteiger partial charge in [0, 0.05) is 113 Å². The molecule has 13 nitrogen and oxygen atoms in total. The summed E-state index contributed by atoms with van der Waals surface area (Å²) in [6, 6.07) is -0.588. The van der Waals surface area contributed by atoms with Gasteiger partial charge in [-0.1, -0.05) is 0 Å². The molecule has 0 radical (unpaired) electrons. The lowest BCUT2D eigenvalue weighted by Gasteiger charge is -2.35. The fourth-order valence-electron chi connectivity index (χ4n) is 4.28. The summed E-state index contributed by atoms with van der Waals surface area (Å²) in [6.45, 7) is 0. The van der Waals surface area contributed by atoms with Crippen LogP contribution in [0.2, 0.25) is 0 Å². The first-order valence-electron chi connectivity index (χ1n) is 12.8. The number of hydrogen-bond donors (Lipinski definition) is 1. The number of guanidine groups is 4. The van der Waals surface area contributed by atoms with Crippen LogP contribution in [0.3, 0.4) is 0 Å². The summed E-state index contributed by atoms with van der Waals surface area (Å²) in [5.74, 6) is 3.35. The Morgan fingerprint density at radius 2 is 0.605 bits per heavy atom. The Balaban J connectivity index is 3.87. The van der Waals surface area contributed by atoms with Gasteiger partial charge in [0.15, 0.2) is 36.2 Å². The Bertz CT molecular complexity index is 675. The molecule has 1 N–H and O–H groups in total. The van der Waals surface area contributed by atoms with E-state index in [1.807, 2.05) is 152 Å². The summed E-state index contributed by atoms with van der Waals surface area (Å²) in [4.78, 5) is 36.7. The predicted octanol–water partition coefficient (Wildman–Crippen LogP) is -0.900. The van der Waals surface area contributed by atoms with E-state index in [4.69, 9.17) is 20.0 Å². The second-order valence-electron chi connectivity index (χ2n) is 11.1. The highest BCUT2D eigenvalue weighted by molar-refractivity contribution is 5.82. The van der Waals surface area contributed by atoms with Crippen molar-refractivity contribution < 1.29 is 0 Å². The SMILES string of the molecule is CN(C)C(=NC1[CH+]C(N=C(N(C)C)N(C)C)C(N=C(N(C)C)N(C)C)NC1N=C(N(C)C)N(C)C)N(C)C. The number of aliphatic imine (C=N–C) groups is 4. The molecule has 1 fully saturated rings. The summed E-state index contributed by atoms with van der Waals surface area (Å²) in [6.07, 6.45) is 1.44. The van der Waals surface area contributed by atoms with Crippen molar-refractivity contribution in [1.82, 2.24) is 44.5 Å². The minimum atomic E-state index is -0.363. The second-order valence-corrected chi connectivity index (χ2v) is 11.1. The molecule has 1 aliphatic heterocycles. The smallest absolute Gasteiger partial charge is 0.229 e. The second kappa shape index (κ2) is 14.2. The average molecular weight is 537 g/mol. The summed E-state index contributed by atoms with van der Waals surface area (Å²) < 4.78 is 0. The topological polar surface area (TPSA) is 87.4 Å². The fraction of sp³-hybridized carbons (Fsp3) is 0.800. The summed E-state index contributed by atoms with van der Waals surface area (Å²) in [5, 5.41) is 3.70. The molecule has 0 bridgehead atoms. The van der Waals surface area contributed by atoms with Gasteiger partial charge in [-0.05, 0) is 0 Å². The molecule has 218 valence electrons. The molecule has 1 rings (SSSR count). The predicted molar refractivity (Wildman–Crippen MR) is 162 cm³/mol. The van der Waals surface area contributed by atoms with Crippen molar-refractivity contribution in [2.24, 2.45) is 20.0 Å². The van der Waals surface area contributed by atoms with Crippen LogP contribution in [0.5, 0.6) is 0 Å². The third kappa shape index (κ3) is 9.03. The first-order valence-corrected chi connectivity index (χ1v) is 12.8. The van der Waals surface area contributed by atoms with Gasteiger partial charge in [-0.3, -0.25) is 5.32 Å². The van der Waals surface area contributed by atoms with Crippen LogP contribution >= 0.6 is 0 Å². The molecule has 0 aromatic heterocycles. The number of piperidine rings is 1. The van der Waals surface area contributed by atoms with E-state index in [0.29, 0.717) is 0 Å². The van der Waals surface area contributed by atoms with Crippen LogP contribution in [0.15, 0.2) is 20.0 Å². The van der Waals surface area contributed by atoms with Crippen molar-refractivity contribution >= 4 is 23.8 Å². The molecule has 1 heterocycles. The lowest BCUT2D eigenvalue weighted by atomic mass is 9.97. The lowest BCUT2D eigenvalue weighted by molar-refractivity contribution is 0.303. The van der Waals surface area contributed by atoms with E-state index in [0.717, 1.165) is 23.8 Å². The first-order chi connectivity index (χ1) is 17.5. The molecule has 4 atom stereocenters. The Morgan fingerprint density at radius 1 is 0.395 bits per heavy atom. The Labute approximate surface area is 232 Å². The van der Waals surface area contributed by atoms with Crippen molar-refractivity contribution in [3.63, 3.8) is 0 Å². The van der Waals surface area contributed by atoms with E-state index < -0.39 is 0 Å². The quantitative estimate of drug-likeness (QED) is 0.279. The van der Waals surface area contributed by atoms with Gasteiger partial charge in [0.2, 0.25) is 12.1 Å². The fourth-order valence-corrected chi connectivity index (χ4v) is 4.28. The molecule has 0 amide bonds. The van der Waals surface area contributed by atoms with Crippen molar-refractivity contribution in [2.45, 2.75) is 24.4 Å². The van der Waals surface area contributed by atoms with Gasteiger partial charge in [-0.15, -0.1) is 0 Å². The molecule has 0 saturated carbocycles. The summed E-state index contributed by atoms with van der Waals surface area (Å²) in [7, 11) is 31.9. The van der Waals surface area contributed by atoms with E-state index in [2.05, 4.69) is 11.7 Å². The molecule has 0 spiro atoms. The van der Waals surface area contributed by atoms with Crippen LogP contribution in [-0.4, -0.2) is 200 Å². The van der Waals surface area contributed by atoms with Gasteiger partial charge in [0.05, 0.1) is 0 Å². The molecule has 38 heavy (non-hydrogen) atoms. The molecule has 1 aliphatic rings. The maximum absolute atomic E-state index is 5.16. The molecule has 1 saturated heterocycles. The van der Waals surface area contributed by atoms with Gasteiger partial charge in [-0.25, -0.2) is 9.98 Å². The van der Waals surface area contributed by atoms with E-state index >= 15 is 0 Å². The van der Waals surface area contributed by atoms with Crippen molar-refractivity contribution in [3.05, 3.63) is 6.42 Å². The summed E-state index contributed by atoms with van der Waals surface area (Å²) >= 11 is 0. The van der Waals surface area contributed by atoms with E-state index in [-0.39, 0.29) is 24.4 Å². The zero-order chi connectivity index (χ0) is 29.5. The zero-order valence-corrected chi connectivity index (χ0v) is 26.8. The lowest BCUT2D eigenvalue weighted by Crippen LogP contribution is -2.58. The number of nitrogens with one attached hydrogen (secondary N) is 1. The van der Waals surface area contributed by atoms with Crippen LogP contribution < -0.4 is 5.32 Å². The van der Waals surface area contributed by atoms with Gasteiger partial charge < -0.3 is 39.2 Å². The van der Waals surface area contributed by atoms with Crippen LogP contribution in [0, 0.1) is 6.42 Å². The van der Waals surface area contributed by atoms with E-state index in [1.54, 1.807) is 0 Å². The monoisotopic (exact) mass is 536 g/mol. The molecule has 0 aromatic carbocycles. The highest BCUT2D eigenvalue weighted by atomic mass is 15.4. The highest BCUT2D eigenvalue weighted by Gasteiger charge is 2.46. The van der Waals surface area contributed by atoms with Crippen LogP contribution in [0.25, 0.3) is 0 Å². The van der Waals surface area contributed by atoms with E-state index in [9.17, 15) is 0 Å². The largest absolute Gasteiger partial charge is 0.349 e. The maximum Gasteiger partial charge on any atom is 0.229 e. The van der Waals surface area contributed by atoms with Crippen molar-refractivity contribution in [3.8, 4) is 0 Å². The highest BCUT2D eigenvalue weighted by Crippen LogP contribution is 2.23. The number of nitrogens with zero attached hydrogens (tertiary/aromatic N) is 12. The van der Waals surface area contributed by atoms with Gasteiger partial charge in [0.25, 0.3) is 0 Å². The number of hydrogen-bond acceptors (Lipinski definition) is 5. The Hall–Kier alpha value is -3.09. The molecular weight excluding hydrogens is 482 g/mol. The van der Waals surface area contributed by atoms with Crippen molar-refractivity contribution in [2.75, 3.05) is 113 Å². The first kappa shape index (κ1) is 32.9. The van der Waals surface area contributed by atoms with Crippen molar-refractivity contribution in [1.29, 1.82) is 0 Å². The third-order valence-electron chi connectivity index (χ3n) is 5.62. The van der Waals surface area contributed by atoms with Gasteiger partial charge in [-0.2, -0.15) is 9.98 Å². The molecular formula is C25H54N13+. The molecule has 13 heteroatoms. The molecule has 0 aromatic rings. The Kier molecular flexibility index (Phi) is 12.3. The zero-order valence-electron chi connectivity index (χ0n) is 26.8. The maximum atomic E-state index is 5.16. The number of rotatable bonds is 4.